The molecule has 0 atom stereocenters. The molecule has 1 N–H and O–H groups in total. The van der Waals surface area contributed by atoms with E-state index in [4.69, 9.17) is 4.98 Å². The molecule has 7 heteroatoms. The molecular formula is C36H44IrN3O2S-. The van der Waals surface area contributed by atoms with Gasteiger partial charge in [-0.05, 0) is 37.7 Å². The molecule has 0 aliphatic rings. The molecule has 0 fully saturated rings. The van der Waals surface area contributed by atoms with E-state index in [2.05, 4.69) is 65.7 Å². The van der Waals surface area contributed by atoms with Crippen LogP contribution in [-0.4, -0.2) is 25.3 Å². The number of rotatable bonds is 9. The number of carbonyl (C=O) groups excluding carboxylic acids is 1. The Hall–Kier alpha value is -2.86. The second kappa shape index (κ2) is 14.3. The summed E-state index contributed by atoms with van der Waals surface area (Å²) in [6.45, 7) is 16.5. The number of imidazole rings is 1. The van der Waals surface area contributed by atoms with Gasteiger partial charge >= 0.3 is 0 Å². The van der Waals surface area contributed by atoms with Crippen molar-refractivity contribution < 1.29 is 30.0 Å². The number of hydrogen-bond acceptors (Lipinski definition) is 5. The Morgan fingerprint density at radius 3 is 2.30 bits per heavy atom. The van der Waals surface area contributed by atoms with Crippen molar-refractivity contribution in [2.24, 2.45) is 10.8 Å². The van der Waals surface area contributed by atoms with Crippen LogP contribution in [0.4, 0.5) is 0 Å². The van der Waals surface area contributed by atoms with Gasteiger partial charge in [-0.25, -0.2) is 4.98 Å². The predicted octanol–water partition coefficient (Wildman–Crippen LogP) is 10.3. The first-order chi connectivity index (χ1) is 20.0. The molecule has 0 aliphatic carbocycles. The van der Waals surface area contributed by atoms with Gasteiger partial charge in [-0.15, -0.1) is 40.5 Å². The predicted molar refractivity (Wildman–Crippen MR) is 177 cm³/mol. The van der Waals surface area contributed by atoms with Gasteiger partial charge in [-0.1, -0.05) is 84.5 Å². The topological polar surface area (TPSA) is 67.5 Å². The third-order valence-electron chi connectivity index (χ3n) is 9.23. The number of ketones is 1. The van der Waals surface area contributed by atoms with E-state index in [1.807, 2.05) is 60.3 Å². The molecule has 5 nitrogen and oxygen atoms in total. The fourth-order valence-electron chi connectivity index (χ4n) is 5.06. The smallest absolute Gasteiger partial charge is 0.164 e. The van der Waals surface area contributed by atoms with Gasteiger partial charge in [0.25, 0.3) is 0 Å². The van der Waals surface area contributed by atoms with E-state index in [1.54, 1.807) is 11.3 Å². The maximum absolute atomic E-state index is 12.2. The summed E-state index contributed by atoms with van der Waals surface area (Å²) in [4.78, 5) is 22.3. The van der Waals surface area contributed by atoms with Crippen molar-refractivity contribution in [3.63, 3.8) is 0 Å². The third-order valence-corrected chi connectivity index (χ3v) is 10.3. The van der Waals surface area contributed by atoms with Crippen molar-refractivity contribution in [3.8, 4) is 11.3 Å². The third kappa shape index (κ3) is 7.11. The van der Waals surface area contributed by atoms with Gasteiger partial charge in [-0.3, -0.25) is 14.2 Å². The van der Waals surface area contributed by atoms with Gasteiger partial charge in [0.2, 0.25) is 0 Å². The monoisotopic (exact) mass is 775 g/mol. The van der Waals surface area contributed by atoms with Gasteiger partial charge in [0.1, 0.15) is 16.9 Å². The van der Waals surface area contributed by atoms with Crippen LogP contribution >= 0.6 is 11.3 Å². The second-order valence-corrected chi connectivity index (χ2v) is 13.1. The minimum Gasteiger partial charge on any atom is -0.512 e. The zero-order valence-corrected chi connectivity index (χ0v) is 29.8. The van der Waals surface area contributed by atoms with Crippen LogP contribution in [0.5, 0.6) is 0 Å². The number of allylic oxidation sites excluding steroid dienone is 2. The van der Waals surface area contributed by atoms with Crippen molar-refractivity contribution in [2.75, 3.05) is 0 Å². The summed E-state index contributed by atoms with van der Waals surface area (Å²) in [5.41, 5.74) is 3.88. The normalized spacial score (nSPS) is 12.4. The van der Waals surface area contributed by atoms with E-state index in [0.29, 0.717) is 5.92 Å². The molecule has 0 spiro atoms. The van der Waals surface area contributed by atoms with Gasteiger partial charge in [0.05, 0.1) is 16.4 Å². The first kappa shape index (κ1) is 34.6. The molecule has 1 radical (unpaired) electrons. The summed E-state index contributed by atoms with van der Waals surface area (Å²) >= 11 is 1.71. The minimum atomic E-state index is -0.337. The van der Waals surface area contributed by atoms with Crippen molar-refractivity contribution in [2.45, 2.75) is 87.0 Å². The van der Waals surface area contributed by atoms with Crippen LogP contribution in [0.1, 0.15) is 92.6 Å². The van der Waals surface area contributed by atoms with E-state index in [0.717, 1.165) is 52.7 Å². The molecule has 0 aliphatic heterocycles. The van der Waals surface area contributed by atoms with E-state index in [9.17, 15) is 9.90 Å². The number of aliphatic hydroxyl groups excluding tert-OH is 1. The Morgan fingerprint density at radius 1 is 1.02 bits per heavy atom. The van der Waals surface area contributed by atoms with Gasteiger partial charge < -0.3 is 5.11 Å². The van der Waals surface area contributed by atoms with Crippen LogP contribution in [0, 0.1) is 16.9 Å². The molecular weight excluding hydrogens is 731 g/mol. The van der Waals surface area contributed by atoms with Crippen LogP contribution in [-0.2, 0) is 24.9 Å². The average Bonchev–Trinajstić information content (AvgIpc) is 3.61. The Balaban J connectivity index is 0.000000250. The minimum absolute atomic E-state index is 0. The molecule has 5 aromatic rings. The van der Waals surface area contributed by atoms with Crippen molar-refractivity contribution in [1.29, 1.82) is 0 Å². The number of aromatic nitrogens is 3. The summed E-state index contributed by atoms with van der Waals surface area (Å²) in [6.07, 6.45) is 10.5. The Bertz CT molecular complexity index is 1720. The van der Waals surface area contributed by atoms with E-state index in [1.165, 1.54) is 21.7 Å². The maximum atomic E-state index is 12.2. The SMILES string of the molecule is CC(C)c1cc(-c2cc3c(cn2)sc2cncn23)[c-]c2ccccc12.CCC(C)(CC)C(=O)/C=C(\O)C(C)(CC)CC.[Ir]. The first-order valence-corrected chi connectivity index (χ1v) is 15.9. The molecule has 43 heavy (non-hydrogen) atoms. The Kier molecular flexibility index (Phi) is 11.5. The van der Waals surface area contributed by atoms with Crippen LogP contribution in [0.3, 0.4) is 0 Å². The summed E-state index contributed by atoms with van der Waals surface area (Å²) in [6, 6.07) is 16.4. The molecule has 0 saturated carbocycles. The summed E-state index contributed by atoms with van der Waals surface area (Å²) in [5.74, 6) is 0.734. The fourth-order valence-corrected chi connectivity index (χ4v) is 6.01. The van der Waals surface area contributed by atoms with Crippen LogP contribution < -0.4 is 0 Å². The number of carbonyl (C=O) groups is 1. The van der Waals surface area contributed by atoms with Crippen molar-refractivity contribution in [1.82, 2.24) is 14.4 Å². The molecule has 0 unspecified atom stereocenters. The number of thiazole rings is 1. The summed E-state index contributed by atoms with van der Waals surface area (Å²) in [7, 11) is 0. The molecule has 3 aromatic heterocycles. The van der Waals surface area contributed by atoms with Gasteiger partial charge in [0.15, 0.2) is 5.78 Å². The van der Waals surface area contributed by atoms with Crippen LogP contribution in [0.25, 0.3) is 37.1 Å². The van der Waals surface area contributed by atoms with Crippen molar-refractivity contribution in [3.05, 3.63) is 78.6 Å². The molecule has 231 valence electrons. The van der Waals surface area contributed by atoms with E-state index in [-0.39, 0.29) is 42.5 Å². The fraction of sp³-hybridized carbons (Fsp3) is 0.417. The average molecular weight is 775 g/mol. The van der Waals surface area contributed by atoms with Gasteiger partial charge in [-0.2, -0.15) is 0 Å². The molecule has 0 bridgehead atoms. The summed E-state index contributed by atoms with van der Waals surface area (Å²) in [5, 5.41) is 12.5. The molecule has 5 rings (SSSR count). The number of aliphatic hydroxyl groups is 1. The number of fused-ring (bicyclic) bond motifs is 4. The molecule has 0 saturated heterocycles. The Labute approximate surface area is 273 Å². The van der Waals surface area contributed by atoms with Gasteiger partial charge in [0, 0.05) is 48.9 Å². The van der Waals surface area contributed by atoms with E-state index >= 15 is 0 Å². The summed E-state index contributed by atoms with van der Waals surface area (Å²) < 4.78 is 3.29. The standard InChI is InChI=1S/C21H16N3S.C15H28O2.Ir/c1-13(2)17-8-15(7-14-5-3-4-6-16(14)17)18-9-19-20(10-23-18)25-21-11-22-12-24(19)21;1-7-14(5,8-2)12(16)11-13(17)15(6,9-3)10-4;/h3-6,8-13H,1-2H3;11,16H,7-10H2,1-6H3;/q-1;;/b;12-11-;. The zero-order chi connectivity index (χ0) is 30.7. The molecule has 0 amide bonds. The Morgan fingerprint density at radius 2 is 1.67 bits per heavy atom. The quantitative estimate of drug-likeness (QED) is 0.0920. The van der Waals surface area contributed by atoms with Crippen molar-refractivity contribution >= 4 is 42.9 Å². The van der Waals surface area contributed by atoms with Crippen LogP contribution in [0.15, 0.2) is 67.0 Å². The molecule has 2 aromatic carbocycles. The first-order valence-electron chi connectivity index (χ1n) is 15.1. The largest absolute Gasteiger partial charge is 0.512 e. The zero-order valence-electron chi connectivity index (χ0n) is 26.6. The molecule has 3 heterocycles. The number of hydrogen-bond donors (Lipinski definition) is 1. The van der Waals surface area contributed by atoms with Crippen LogP contribution in [0.2, 0.25) is 0 Å². The number of nitrogens with zero attached hydrogens (tertiary/aromatic N) is 3. The number of benzene rings is 2. The number of pyridine rings is 1. The second-order valence-electron chi connectivity index (χ2n) is 12.0. The van der Waals surface area contributed by atoms with E-state index < -0.39 is 0 Å². The maximum Gasteiger partial charge on any atom is 0.164 e.